The smallest absolute Gasteiger partial charge is 0.225 e. The molecule has 0 aliphatic carbocycles. The van der Waals surface area contributed by atoms with Gasteiger partial charge >= 0.3 is 0 Å². The Balaban J connectivity index is 2.13. The fraction of sp³-hybridized carbons (Fsp3) is 0.556. The maximum Gasteiger partial charge on any atom is 0.225 e. The predicted molar refractivity (Wildman–Crippen MR) is 63.9 cm³/mol. The van der Waals surface area contributed by atoms with Gasteiger partial charge in [-0.15, -0.1) is 0 Å². The number of hydrogen-bond donors (Lipinski definition) is 2. The third kappa shape index (κ3) is 2.66. The zero-order valence-corrected chi connectivity index (χ0v) is 10.1. The Labute approximate surface area is 103 Å². The molecule has 0 bridgehead atoms. The summed E-state index contributed by atoms with van der Waals surface area (Å²) in [5, 5.41) is 3.47. The molecule has 1 aliphatic rings. The molecule has 1 aliphatic heterocycles. The molecule has 88 valence electrons. The number of nitrogens with two attached hydrogens (primary N) is 1. The van der Waals surface area contributed by atoms with Gasteiger partial charge in [-0.05, 0) is 24.4 Å². The molecule has 2 heterocycles. The topological polar surface area (TPSA) is 73.1 Å². The van der Waals surface area contributed by atoms with Gasteiger partial charge in [0.25, 0.3) is 0 Å². The second-order valence-electron chi connectivity index (χ2n) is 3.58. The number of nitrogens with zero attached hydrogens (tertiary/aromatic N) is 2. The Morgan fingerprint density at radius 3 is 2.62 bits per heavy atom. The number of aromatic nitrogens is 2. The fourth-order valence-electron chi connectivity index (χ4n) is 1.56. The Kier molecular flexibility index (Phi) is 3.68. The molecule has 0 atom stereocenters. The molecule has 5 nitrogen and oxygen atoms in total. The van der Waals surface area contributed by atoms with E-state index in [1.165, 1.54) is 0 Å². The summed E-state index contributed by atoms with van der Waals surface area (Å²) in [5.41, 5.74) is 6.09. The summed E-state index contributed by atoms with van der Waals surface area (Å²) in [6, 6.07) is 0.290. The molecule has 0 amide bonds. The summed E-state index contributed by atoms with van der Waals surface area (Å²) in [6.45, 7) is 1.48. The average Bonchev–Trinajstić information content (AvgIpc) is 2.27. The summed E-state index contributed by atoms with van der Waals surface area (Å²) < 4.78 is 5.26. The van der Waals surface area contributed by atoms with E-state index in [0.717, 1.165) is 26.1 Å². The van der Waals surface area contributed by atoms with Crippen LogP contribution in [-0.2, 0) is 4.74 Å². The summed E-state index contributed by atoms with van der Waals surface area (Å²) >= 11 is 11.5. The number of rotatable bonds is 2. The number of nitrogen functional groups attached to an aromatic ring is 1. The van der Waals surface area contributed by atoms with Crippen molar-refractivity contribution >= 4 is 34.7 Å². The molecule has 0 spiro atoms. The van der Waals surface area contributed by atoms with Gasteiger partial charge in [0.15, 0.2) is 11.0 Å². The van der Waals surface area contributed by atoms with Crippen LogP contribution in [0.4, 0.5) is 11.5 Å². The summed E-state index contributed by atoms with van der Waals surface area (Å²) in [7, 11) is 0. The number of nitrogens with one attached hydrogen (secondary N) is 1. The lowest BCUT2D eigenvalue weighted by Gasteiger charge is -2.24. The van der Waals surface area contributed by atoms with E-state index in [2.05, 4.69) is 15.3 Å². The van der Waals surface area contributed by atoms with Gasteiger partial charge < -0.3 is 15.8 Å². The molecule has 3 N–H and O–H groups in total. The van der Waals surface area contributed by atoms with Gasteiger partial charge in [-0.1, -0.05) is 11.6 Å². The van der Waals surface area contributed by atoms with Crippen molar-refractivity contribution in [3.05, 3.63) is 10.4 Å². The van der Waals surface area contributed by atoms with Gasteiger partial charge in [-0.25, -0.2) is 4.98 Å². The first-order valence-corrected chi connectivity index (χ1v) is 5.75. The first-order valence-electron chi connectivity index (χ1n) is 4.99. The monoisotopic (exact) mass is 262 g/mol. The summed E-state index contributed by atoms with van der Waals surface area (Å²) in [4.78, 5) is 7.78. The minimum absolute atomic E-state index is 0.0914. The Bertz CT molecular complexity index is 382. The van der Waals surface area contributed by atoms with E-state index in [4.69, 9.17) is 33.7 Å². The van der Waals surface area contributed by atoms with Gasteiger partial charge in [0.2, 0.25) is 5.28 Å². The number of hydrogen-bond acceptors (Lipinski definition) is 5. The standard InChI is InChI=1S/C9H12Cl2N4O/c10-7-6(12)8(15-9(11)14-7)13-5-1-3-16-4-2-5/h5H,1-4,12H2,(H,13,14,15). The van der Waals surface area contributed by atoms with Crippen molar-refractivity contribution in [2.75, 3.05) is 24.3 Å². The zero-order valence-electron chi connectivity index (χ0n) is 8.54. The first-order chi connectivity index (χ1) is 7.66. The molecule has 0 unspecified atom stereocenters. The lowest BCUT2D eigenvalue weighted by Crippen LogP contribution is -2.28. The molecular formula is C9H12Cl2N4O. The normalized spacial score (nSPS) is 17.4. The van der Waals surface area contributed by atoms with E-state index in [1.807, 2.05) is 0 Å². The highest BCUT2D eigenvalue weighted by atomic mass is 35.5. The molecule has 0 radical (unpaired) electrons. The van der Waals surface area contributed by atoms with Crippen LogP contribution in [0.3, 0.4) is 0 Å². The van der Waals surface area contributed by atoms with Crippen molar-refractivity contribution in [1.29, 1.82) is 0 Å². The first kappa shape index (κ1) is 11.7. The van der Waals surface area contributed by atoms with Gasteiger partial charge in [0.1, 0.15) is 5.69 Å². The zero-order chi connectivity index (χ0) is 11.5. The van der Waals surface area contributed by atoms with Crippen molar-refractivity contribution < 1.29 is 4.74 Å². The van der Waals surface area contributed by atoms with Crippen molar-refractivity contribution in [2.24, 2.45) is 0 Å². The van der Waals surface area contributed by atoms with Crippen LogP contribution in [0.25, 0.3) is 0 Å². The van der Waals surface area contributed by atoms with Crippen LogP contribution in [0.2, 0.25) is 10.4 Å². The second-order valence-corrected chi connectivity index (χ2v) is 4.27. The van der Waals surface area contributed by atoms with Crippen LogP contribution >= 0.6 is 23.2 Å². The van der Waals surface area contributed by atoms with Crippen LogP contribution in [0, 0.1) is 0 Å². The minimum Gasteiger partial charge on any atom is -0.393 e. The average molecular weight is 263 g/mol. The van der Waals surface area contributed by atoms with Gasteiger partial charge in [0.05, 0.1) is 0 Å². The van der Waals surface area contributed by atoms with Gasteiger partial charge in [-0.3, -0.25) is 0 Å². The van der Waals surface area contributed by atoms with Crippen LogP contribution < -0.4 is 11.1 Å². The SMILES string of the molecule is Nc1c(Cl)nc(Cl)nc1NC1CCOCC1. The van der Waals surface area contributed by atoms with Crippen LogP contribution in [-0.4, -0.2) is 29.2 Å². The van der Waals surface area contributed by atoms with E-state index >= 15 is 0 Å². The third-order valence-corrected chi connectivity index (χ3v) is 2.89. The highest BCUT2D eigenvalue weighted by Gasteiger charge is 2.17. The summed E-state index contributed by atoms with van der Waals surface area (Å²) in [6.07, 6.45) is 1.83. The lowest BCUT2D eigenvalue weighted by atomic mass is 10.1. The number of ether oxygens (including phenoxy) is 1. The molecule has 0 saturated carbocycles. The number of halogens is 2. The highest BCUT2D eigenvalue weighted by molar-refractivity contribution is 6.34. The second kappa shape index (κ2) is 5.03. The highest BCUT2D eigenvalue weighted by Crippen LogP contribution is 2.26. The minimum atomic E-state index is 0.0914. The summed E-state index contributed by atoms with van der Waals surface area (Å²) in [5.74, 6) is 0.497. The van der Waals surface area contributed by atoms with Gasteiger partial charge in [0, 0.05) is 19.3 Å². The molecule has 16 heavy (non-hydrogen) atoms. The molecule has 1 saturated heterocycles. The predicted octanol–water partition coefficient (Wildman–Crippen LogP) is 1.96. The van der Waals surface area contributed by atoms with E-state index < -0.39 is 0 Å². The number of anilines is 2. The Morgan fingerprint density at radius 1 is 1.25 bits per heavy atom. The Hall–Kier alpha value is -0.780. The molecular weight excluding hydrogens is 251 g/mol. The lowest BCUT2D eigenvalue weighted by molar-refractivity contribution is 0.0904. The van der Waals surface area contributed by atoms with E-state index in [0.29, 0.717) is 11.5 Å². The van der Waals surface area contributed by atoms with Crippen molar-refractivity contribution in [2.45, 2.75) is 18.9 Å². The molecule has 1 fully saturated rings. The fourth-order valence-corrected chi connectivity index (χ4v) is 1.94. The van der Waals surface area contributed by atoms with E-state index in [9.17, 15) is 0 Å². The third-order valence-electron chi connectivity index (χ3n) is 2.43. The Morgan fingerprint density at radius 2 is 1.94 bits per heavy atom. The molecule has 0 aromatic carbocycles. The maximum absolute atomic E-state index is 5.81. The molecule has 2 rings (SSSR count). The van der Waals surface area contributed by atoms with Crippen molar-refractivity contribution in [1.82, 2.24) is 9.97 Å². The van der Waals surface area contributed by atoms with Crippen LogP contribution in [0.15, 0.2) is 0 Å². The maximum atomic E-state index is 5.81. The van der Waals surface area contributed by atoms with Crippen molar-refractivity contribution in [3.63, 3.8) is 0 Å². The van der Waals surface area contributed by atoms with Crippen LogP contribution in [0.5, 0.6) is 0 Å². The largest absolute Gasteiger partial charge is 0.393 e. The quantitative estimate of drug-likeness (QED) is 0.630. The molecule has 7 heteroatoms. The van der Waals surface area contributed by atoms with E-state index in [1.54, 1.807) is 0 Å². The van der Waals surface area contributed by atoms with E-state index in [-0.39, 0.29) is 16.5 Å². The van der Waals surface area contributed by atoms with Crippen molar-refractivity contribution in [3.8, 4) is 0 Å². The molecule has 1 aromatic rings. The van der Waals surface area contributed by atoms with Gasteiger partial charge in [-0.2, -0.15) is 4.98 Å². The van der Waals surface area contributed by atoms with Crippen LogP contribution in [0.1, 0.15) is 12.8 Å². The molecule has 1 aromatic heterocycles.